The van der Waals surface area contributed by atoms with E-state index in [4.69, 9.17) is 9.31 Å². The fraction of sp³-hybridized carbons (Fsp3) is 0.727. The Labute approximate surface area is 110 Å². The molecule has 0 unspecified atom stereocenters. The molecule has 1 fully saturated rings. The SMILES string of the molecule is CC1(C)OB(c2ccnn2CC(F)(F)F)OC1(C)C. The van der Waals surface area contributed by atoms with Crippen molar-refractivity contribution in [2.75, 3.05) is 0 Å². The van der Waals surface area contributed by atoms with Gasteiger partial charge in [0.2, 0.25) is 0 Å². The van der Waals surface area contributed by atoms with Crippen molar-refractivity contribution in [2.45, 2.75) is 51.6 Å². The molecule has 19 heavy (non-hydrogen) atoms. The third kappa shape index (κ3) is 2.79. The normalized spacial score (nSPS) is 21.9. The van der Waals surface area contributed by atoms with Gasteiger partial charge in [0.1, 0.15) is 6.54 Å². The van der Waals surface area contributed by atoms with E-state index in [2.05, 4.69) is 5.10 Å². The standard InChI is InChI=1S/C11H16BF3N2O2/c1-9(2)10(3,4)19-12(18-9)8-5-6-16-17(8)7-11(13,14)15/h5-6H,7H2,1-4H3. The minimum absolute atomic E-state index is 0.274. The fourth-order valence-corrected chi connectivity index (χ4v) is 1.81. The van der Waals surface area contributed by atoms with E-state index in [-0.39, 0.29) is 5.59 Å². The molecule has 4 nitrogen and oxygen atoms in total. The summed E-state index contributed by atoms with van der Waals surface area (Å²) >= 11 is 0. The van der Waals surface area contributed by atoms with E-state index in [0.29, 0.717) is 0 Å². The van der Waals surface area contributed by atoms with Gasteiger partial charge in [0.15, 0.2) is 0 Å². The zero-order valence-corrected chi connectivity index (χ0v) is 11.3. The molecule has 106 valence electrons. The van der Waals surface area contributed by atoms with Gasteiger partial charge in [-0.1, -0.05) is 0 Å². The number of nitrogens with zero attached hydrogens (tertiary/aromatic N) is 2. The summed E-state index contributed by atoms with van der Waals surface area (Å²) in [5.74, 6) is 0. The van der Waals surface area contributed by atoms with E-state index in [0.717, 1.165) is 4.68 Å². The lowest BCUT2D eigenvalue weighted by molar-refractivity contribution is -0.142. The molecule has 1 aliphatic heterocycles. The largest absolute Gasteiger partial charge is 0.514 e. The lowest BCUT2D eigenvalue weighted by Crippen LogP contribution is -2.41. The van der Waals surface area contributed by atoms with Gasteiger partial charge in [0, 0.05) is 6.20 Å². The molecule has 2 rings (SSSR count). The summed E-state index contributed by atoms with van der Waals surface area (Å²) in [4.78, 5) is 0. The summed E-state index contributed by atoms with van der Waals surface area (Å²) in [5, 5.41) is 3.68. The van der Waals surface area contributed by atoms with Crippen LogP contribution < -0.4 is 5.59 Å². The fourth-order valence-electron chi connectivity index (χ4n) is 1.81. The van der Waals surface area contributed by atoms with E-state index >= 15 is 0 Å². The maximum Gasteiger partial charge on any atom is 0.514 e. The summed E-state index contributed by atoms with van der Waals surface area (Å²) in [6, 6.07) is 1.48. The molecule has 0 saturated carbocycles. The van der Waals surface area contributed by atoms with Crippen molar-refractivity contribution in [3.63, 3.8) is 0 Å². The molecule has 8 heteroatoms. The van der Waals surface area contributed by atoms with Crippen LogP contribution in [0.3, 0.4) is 0 Å². The Kier molecular flexibility index (Phi) is 3.21. The summed E-state index contributed by atoms with van der Waals surface area (Å²) in [6.45, 7) is 6.23. The third-order valence-electron chi connectivity index (χ3n) is 3.57. The smallest absolute Gasteiger partial charge is 0.398 e. The molecular weight excluding hydrogens is 260 g/mol. The number of rotatable bonds is 2. The lowest BCUT2D eigenvalue weighted by atomic mass is 9.84. The Hall–Kier alpha value is -1.02. The average Bonchev–Trinajstić information content (AvgIpc) is 2.67. The quantitative estimate of drug-likeness (QED) is 0.772. The number of alkyl halides is 3. The maximum atomic E-state index is 12.4. The average molecular weight is 276 g/mol. The van der Waals surface area contributed by atoms with Crippen LogP contribution in [0, 0.1) is 0 Å². The molecular formula is C11H16BF3N2O2. The van der Waals surface area contributed by atoms with E-state index < -0.39 is 31.0 Å². The first-order valence-corrected chi connectivity index (χ1v) is 5.96. The Bertz CT molecular complexity index is 455. The summed E-state index contributed by atoms with van der Waals surface area (Å²) < 4.78 is 49.6. The predicted octanol–water partition coefficient (Wildman–Crippen LogP) is 1.74. The first kappa shape index (κ1) is 14.4. The molecule has 1 aromatic heterocycles. The Morgan fingerprint density at radius 1 is 1.21 bits per heavy atom. The van der Waals surface area contributed by atoms with Gasteiger partial charge in [-0.2, -0.15) is 18.3 Å². The van der Waals surface area contributed by atoms with Crippen molar-refractivity contribution in [2.24, 2.45) is 0 Å². The highest BCUT2D eigenvalue weighted by Crippen LogP contribution is 2.36. The molecule has 0 bridgehead atoms. The second-order valence-electron chi connectivity index (χ2n) is 5.62. The molecule has 0 N–H and O–H groups in total. The summed E-state index contributed by atoms with van der Waals surface area (Å²) in [7, 11) is -0.838. The van der Waals surface area contributed by atoms with E-state index in [1.54, 1.807) is 0 Å². The highest BCUT2D eigenvalue weighted by atomic mass is 19.4. The van der Waals surface area contributed by atoms with Crippen molar-refractivity contribution in [1.82, 2.24) is 9.78 Å². The zero-order chi connectivity index (χ0) is 14.5. The van der Waals surface area contributed by atoms with Crippen LogP contribution in [0.2, 0.25) is 0 Å². The molecule has 1 saturated heterocycles. The highest BCUT2D eigenvalue weighted by molar-refractivity contribution is 6.61. The minimum Gasteiger partial charge on any atom is -0.398 e. The van der Waals surface area contributed by atoms with Crippen LogP contribution in [-0.4, -0.2) is 34.3 Å². The van der Waals surface area contributed by atoms with Crippen molar-refractivity contribution in [1.29, 1.82) is 0 Å². The van der Waals surface area contributed by atoms with Crippen LogP contribution in [-0.2, 0) is 15.9 Å². The van der Waals surface area contributed by atoms with E-state index in [1.807, 2.05) is 27.7 Å². The molecule has 0 aliphatic carbocycles. The van der Waals surface area contributed by atoms with Gasteiger partial charge in [-0.15, -0.1) is 0 Å². The maximum absolute atomic E-state index is 12.4. The third-order valence-corrected chi connectivity index (χ3v) is 3.57. The summed E-state index contributed by atoms with van der Waals surface area (Å²) in [6.07, 6.45) is -3.02. The summed E-state index contributed by atoms with van der Waals surface area (Å²) in [5.41, 5.74) is -0.910. The number of hydrogen-bond donors (Lipinski definition) is 0. The van der Waals surface area contributed by atoms with Crippen molar-refractivity contribution in [3.05, 3.63) is 12.3 Å². The molecule has 1 aliphatic rings. The monoisotopic (exact) mass is 276 g/mol. The molecule has 2 heterocycles. The van der Waals surface area contributed by atoms with E-state index in [9.17, 15) is 13.2 Å². The van der Waals surface area contributed by atoms with Gasteiger partial charge in [0.25, 0.3) is 0 Å². The topological polar surface area (TPSA) is 36.3 Å². The Morgan fingerprint density at radius 3 is 2.21 bits per heavy atom. The Morgan fingerprint density at radius 2 is 1.74 bits per heavy atom. The molecule has 1 aromatic rings. The molecule has 0 amide bonds. The van der Waals surface area contributed by atoms with Crippen molar-refractivity contribution in [3.8, 4) is 0 Å². The number of halogens is 3. The van der Waals surface area contributed by atoms with Gasteiger partial charge in [-0.3, -0.25) is 4.68 Å². The minimum atomic E-state index is -4.33. The van der Waals surface area contributed by atoms with Crippen molar-refractivity contribution < 1.29 is 22.5 Å². The van der Waals surface area contributed by atoms with Gasteiger partial charge in [0.05, 0.1) is 16.8 Å². The van der Waals surface area contributed by atoms with Crippen LogP contribution in [0.25, 0.3) is 0 Å². The van der Waals surface area contributed by atoms with Crippen LogP contribution in [0.15, 0.2) is 12.3 Å². The molecule has 0 atom stereocenters. The van der Waals surface area contributed by atoms with Crippen LogP contribution in [0.1, 0.15) is 27.7 Å². The molecule has 0 spiro atoms. The van der Waals surface area contributed by atoms with Crippen molar-refractivity contribution >= 4 is 12.7 Å². The van der Waals surface area contributed by atoms with Gasteiger partial charge in [-0.25, -0.2) is 0 Å². The second-order valence-corrected chi connectivity index (χ2v) is 5.62. The Balaban J connectivity index is 2.24. The molecule has 0 radical (unpaired) electrons. The van der Waals surface area contributed by atoms with Gasteiger partial charge in [-0.05, 0) is 33.8 Å². The zero-order valence-electron chi connectivity index (χ0n) is 11.3. The first-order valence-electron chi connectivity index (χ1n) is 5.96. The highest BCUT2D eigenvalue weighted by Gasteiger charge is 2.53. The van der Waals surface area contributed by atoms with Crippen LogP contribution in [0.5, 0.6) is 0 Å². The second kappa shape index (κ2) is 4.24. The number of aromatic nitrogens is 2. The molecule has 0 aromatic carbocycles. The van der Waals surface area contributed by atoms with Gasteiger partial charge >= 0.3 is 13.3 Å². The number of hydrogen-bond acceptors (Lipinski definition) is 3. The van der Waals surface area contributed by atoms with Crippen LogP contribution in [0.4, 0.5) is 13.2 Å². The predicted molar refractivity (Wildman–Crippen MR) is 64.0 cm³/mol. The van der Waals surface area contributed by atoms with Crippen LogP contribution >= 0.6 is 0 Å². The van der Waals surface area contributed by atoms with E-state index in [1.165, 1.54) is 12.3 Å². The lowest BCUT2D eigenvalue weighted by Gasteiger charge is -2.32. The van der Waals surface area contributed by atoms with Gasteiger partial charge < -0.3 is 9.31 Å². The first-order chi connectivity index (χ1) is 8.52.